The molecule has 1 saturated heterocycles. The number of amides is 1. The summed E-state index contributed by atoms with van der Waals surface area (Å²) in [5.74, 6) is 0.758. The normalized spacial score (nSPS) is 18.1. The summed E-state index contributed by atoms with van der Waals surface area (Å²) in [6.45, 7) is 7.11. The molecular formula is C17H27N3O. The maximum Gasteiger partial charge on any atom is 0.223 e. The van der Waals surface area contributed by atoms with E-state index < -0.39 is 0 Å². The Morgan fingerprint density at radius 1 is 1.48 bits per heavy atom. The van der Waals surface area contributed by atoms with Gasteiger partial charge in [0.25, 0.3) is 0 Å². The van der Waals surface area contributed by atoms with E-state index >= 15 is 0 Å². The van der Waals surface area contributed by atoms with Crippen molar-refractivity contribution in [3.63, 3.8) is 0 Å². The van der Waals surface area contributed by atoms with Gasteiger partial charge in [-0.15, -0.1) is 0 Å². The van der Waals surface area contributed by atoms with Crippen LogP contribution < -0.4 is 5.32 Å². The zero-order valence-corrected chi connectivity index (χ0v) is 13.2. The number of nitrogens with one attached hydrogen (secondary N) is 1. The molecule has 0 saturated carbocycles. The van der Waals surface area contributed by atoms with Gasteiger partial charge in [0.05, 0.1) is 0 Å². The summed E-state index contributed by atoms with van der Waals surface area (Å²) >= 11 is 0. The highest BCUT2D eigenvalue weighted by atomic mass is 16.2. The Labute approximate surface area is 127 Å². The molecule has 1 aromatic heterocycles. The molecule has 21 heavy (non-hydrogen) atoms. The van der Waals surface area contributed by atoms with Gasteiger partial charge in [0.1, 0.15) is 0 Å². The van der Waals surface area contributed by atoms with Crippen LogP contribution in [0.25, 0.3) is 0 Å². The van der Waals surface area contributed by atoms with Gasteiger partial charge < -0.3 is 10.2 Å². The summed E-state index contributed by atoms with van der Waals surface area (Å²) in [5.41, 5.74) is 0.995. The molecule has 1 aromatic rings. The second kappa shape index (κ2) is 8.13. The summed E-state index contributed by atoms with van der Waals surface area (Å²) in [6, 6.07) is 6.34. The van der Waals surface area contributed by atoms with E-state index in [0.717, 1.165) is 31.7 Å². The highest BCUT2D eigenvalue weighted by Crippen LogP contribution is 2.11. The second-order valence-electron chi connectivity index (χ2n) is 6.31. The third kappa shape index (κ3) is 5.46. The number of aryl methyl sites for hydroxylation is 1. The zero-order chi connectivity index (χ0) is 15.1. The van der Waals surface area contributed by atoms with Gasteiger partial charge in [0, 0.05) is 37.4 Å². The van der Waals surface area contributed by atoms with E-state index in [1.807, 2.05) is 23.1 Å². The van der Waals surface area contributed by atoms with Crippen LogP contribution in [0.4, 0.5) is 0 Å². The van der Waals surface area contributed by atoms with Gasteiger partial charge in [-0.05, 0) is 43.9 Å². The largest absolute Gasteiger partial charge is 0.341 e. The molecule has 1 unspecified atom stereocenters. The summed E-state index contributed by atoms with van der Waals surface area (Å²) in [4.78, 5) is 18.8. The fraction of sp³-hybridized carbons (Fsp3) is 0.647. The van der Waals surface area contributed by atoms with Crippen molar-refractivity contribution in [3.8, 4) is 0 Å². The van der Waals surface area contributed by atoms with Crippen LogP contribution >= 0.6 is 0 Å². The maximum absolute atomic E-state index is 12.5. The zero-order valence-electron chi connectivity index (χ0n) is 13.2. The number of rotatable bonds is 7. The van der Waals surface area contributed by atoms with Crippen LogP contribution in [0.3, 0.4) is 0 Å². The molecule has 0 spiro atoms. The maximum atomic E-state index is 12.5. The number of hydrogen-bond acceptors (Lipinski definition) is 3. The van der Waals surface area contributed by atoms with Gasteiger partial charge in [-0.1, -0.05) is 19.9 Å². The lowest BCUT2D eigenvalue weighted by atomic mass is 10.1. The number of carbonyl (C=O) groups excluding carboxylic acids is 1. The quantitative estimate of drug-likeness (QED) is 0.837. The molecule has 2 rings (SSSR count). The van der Waals surface area contributed by atoms with Crippen molar-refractivity contribution in [1.82, 2.24) is 15.2 Å². The topological polar surface area (TPSA) is 45.2 Å². The predicted molar refractivity (Wildman–Crippen MR) is 85.0 cm³/mol. The molecular weight excluding hydrogens is 262 g/mol. The van der Waals surface area contributed by atoms with Crippen LogP contribution in [0.1, 0.15) is 38.8 Å². The van der Waals surface area contributed by atoms with Crippen molar-refractivity contribution in [2.24, 2.45) is 5.92 Å². The van der Waals surface area contributed by atoms with Gasteiger partial charge in [-0.2, -0.15) is 0 Å². The Kier molecular flexibility index (Phi) is 6.18. The molecule has 1 amide bonds. The summed E-state index contributed by atoms with van der Waals surface area (Å²) < 4.78 is 0. The third-order valence-electron chi connectivity index (χ3n) is 3.86. The lowest BCUT2D eigenvalue weighted by Crippen LogP contribution is -2.42. The van der Waals surface area contributed by atoms with E-state index in [4.69, 9.17) is 0 Å². The Balaban J connectivity index is 1.87. The molecule has 0 aliphatic carbocycles. The predicted octanol–water partition coefficient (Wildman–Crippen LogP) is 2.25. The van der Waals surface area contributed by atoms with Crippen molar-refractivity contribution in [3.05, 3.63) is 30.1 Å². The van der Waals surface area contributed by atoms with Crippen LogP contribution in [-0.2, 0) is 11.2 Å². The first kappa shape index (κ1) is 16.0. The fourth-order valence-corrected chi connectivity index (χ4v) is 2.84. The third-order valence-corrected chi connectivity index (χ3v) is 3.86. The Morgan fingerprint density at radius 2 is 2.33 bits per heavy atom. The number of pyridine rings is 1. The van der Waals surface area contributed by atoms with Crippen molar-refractivity contribution < 1.29 is 4.79 Å². The smallest absolute Gasteiger partial charge is 0.223 e. The molecule has 1 atom stereocenters. The van der Waals surface area contributed by atoms with Gasteiger partial charge in [0.15, 0.2) is 0 Å². The molecule has 1 aliphatic heterocycles. The molecule has 2 heterocycles. The Bertz CT molecular complexity index is 427. The van der Waals surface area contributed by atoms with Crippen molar-refractivity contribution >= 4 is 5.91 Å². The van der Waals surface area contributed by atoms with E-state index in [0.29, 0.717) is 18.4 Å². The number of carbonyl (C=O) groups is 1. The van der Waals surface area contributed by atoms with Gasteiger partial charge >= 0.3 is 0 Å². The Morgan fingerprint density at radius 3 is 2.95 bits per heavy atom. The van der Waals surface area contributed by atoms with E-state index in [-0.39, 0.29) is 5.91 Å². The lowest BCUT2D eigenvalue weighted by Gasteiger charge is -2.27. The number of hydrogen-bond donors (Lipinski definition) is 1. The molecule has 1 fully saturated rings. The first-order valence-corrected chi connectivity index (χ1v) is 8.06. The molecule has 0 radical (unpaired) electrons. The highest BCUT2D eigenvalue weighted by Gasteiger charge is 2.21. The Hall–Kier alpha value is -1.42. The monoisotopic (exact) mass is 289 g/mol. The lowest BCUT2D eigenvalue weighted by molar-refractivity contribution is -0.132. The van der Waals surface area contributed by atoms with Crippen molar-refractivity contribution in [2.75, 3.05) is 19.6 Å². The minimum absolute atomic E-state index is 0.253. The summed E-state index contributed by atoms with van der Waals surface area (Å²) in [6.07, 6.45) is 5.47. The molecule has 4 heteroatoms. The minimum Gasteiger partial charge on any atom is -0.341 e. The van der Waals surface area contributed by atoms with E-state index in [1.54, 1.807) is 6.20 Å². The molecule has 116 valence electrons. The first-order valence-electron chi connectivity index (χ1n) is 8.06. The van der Waals surface area contributed by atoms with Gasteiger partial charge in [-0.25, -0.2) is 0 Å². The second-order valence-corrected chi connectivity index (χ2v) is 6.31. The first-order chi connectivity index (χ1) is 10.1. The average Bonchev–Trinajstić information content (AvgIpc) is 2.98. The highest BCUT2D eigenvalue weighted by molar-refractivity contribution is 5.76. The van der Waals surface area contributed by atoms with E-state index in [1.165, 1.54) is 12.8 Å². The molecule has 4 nitrogen and oxygen atoms in total. The summed E-state index contributed by atoms with van der Waals surface area (Å²) in [5, 5.41) is 3.48. The average molecular weight is 289 g/mol. The number of nitrogens with zero attached hydrogens (tertiary/aromatic N) is 2. The van der Waals surface area contributed by atoms with Crippen LogP contribution in [0.5, 0.6) is 0 Å². The van der Waals surface area contributed by atoms with E-state index in [9.17, 15) is 4.79 Å². The van der Waals surface area contributed by atoms with Crippen molar-refractivity contribution in [2.45, 2.75) is 45.6 Å². The van der Waals surface area contributed by atoms with Gasteiger partial charge in [-0.3, -0.25) is 9.78 Å². The molecule has 0 bridgehead atoms. The fourth-order valence-electron chi connectivity index (χ4n) is 2.84. The van der Waals surface area contributed by atoms with E-state index in [2.05, 4.69) is 24.1 Å². The van der Waals surface area contributed by atoms with Crippen LogP contribution in [0, 0.1) is 5.92 Å². The molecule has 0 aromatic carbocycles. The van der Waals surface area contributed by atoms with Crippen molar-refractivity contribution in [1.29, 1.82) is 0 Å². The SMILES string of the molecule is CC(C)CN(CC1CCCN1)C(=O)CCc1ccccn1. The van der Waals surface area contributed by atoms with Gasteiger partial charge in [0.2, 0.25) is 5.91 Å². The number of aromatic nitrogens is 1. The summed E-state index contributed by atoms with van der Waals surface area (Å²) in [7, 11) is 0. The van der Waals surface area contributed by atoms with Crippen LogP contribution in [0.2, 0.25) is 0 Å². The standard InChI is InChI=1S/C17H27N3O/c1-14(2)12-20(13-16-7-5-11-19-16)17(21)9-8-15-6-3-4-10-18-15/h3-4,6,10,14,16,19H,5,7-9,11-13H2,1-2H3. The van der Waals surface area contributed by atoms with Crippen LogP contribution in [-0.4, -0.2) is 41.5 Å². The molecule has 1 N–H and O–H groups in total. The van der Waals surface area contributed by atoms with Crippen LogP contribution in [0.15, 0.2) is 24.4 Å². The minimum atomic E-state index is 0.253. The molecule has 1 aliphatic rings.